The Bertz CT molecular complexity index is 140. The summed E-state index contributed by atoms with van der Waals surface area (Å²) in [5, 5.41) is 0. The molecular weight excluding hydrogens is 138 g/mol. The van der Waals surface area contributed by atoms with Crippen LogP contribution in [0.5, 0.6) is 0 Å². The Balaban J connectivity index is 2.16. The lowest BCUT2D eigenvalue weighted by molar-refractivity contribution is -0.123. The van der Waals surface area contributed by atoms with Crippen molar-refractivity contribution in [3.8, 4) is 0 Å². The third kappa shape index (κ3) is 2.62. The number of hydrogen-bond donors (Lipinski definition) is 1. The predicted octanol–water partition coefficient (Wildman–Crippen LogP) is 1.34. The summed E-state index contributed by atoms with van der Waals surface area (Å²) < 4.78 is 0. The topological polar surface area (TPSA) is 43.1 Å². The van der Waals surface area contributed by atoms with Crippen molar-refractivity contribution in [1.82, 2.24) is 0 Å². The van der Waals surface area contributed by atoms with Crippen LogP contribution in [0.1, 0.15) is 32.6 Å². The second-order valence-electron chi connectivity index (χ2n) is 3.51. The molecule has 1 atom stereocenters. The van der Waals surface area contributed by atoms with Gasteiger partial charge in [-0.1, -0.05) is 6.92 Å². The first kappa shape index (κ1) is 8.72. The van der Waals surface area contributed by atoms with E-state index < -0.39 is 0 Å². The highest BCUT2D eigenvalue weighted by Crippen LogP contribution is 2.33. The van der Waals surface area contributed by atoms with Crippen LogP contribution in [0.3, 0.4) is 0 Å². The van der Waals surface area contributed by atoms with E-state index in [2.05, 4.69) is 0 Å². The number of Topliss-reactive ketones (excluding diaryl/α,β-unsaturated/α-hetero) is 1. The van der Waals surface area contributed by atoms with Gasteiger partial charge in [0, 0.05) is 11.8 Å². The van der Waals surface area contributed by atoms with Gasteiger partial charge in [0.05, 0.1) is 0 Å². The van der Waals surface area contributed by atoms with Crippen molar-refractivity contribution in [3.05, 3.63) is 0 Å². The van der Waals surface area contributed by atoms with Crippen molar-refractivity contribution in [3.63, 3.8) is 0 Å². The summed E-state index contributed by atoms with van der Waals surface area (Å²) in [5.41, 5.74) is 5.36. The van der Waals surface area contributed by atoms with Crippen LogP contribution in [0, 0.1) is 11.8 Å². The Morgan fingerprint density at radius 3 is 2.73 bits per heavy atom. The van der Waals surface area contributed by atoms with Gasteiger partial charge in [0.25, 0.3) is 0 Å². The highest BCUT2D eigenvalue weighted by atomic mass is 16.1. The first-order chi connectivity index (χ1) is 5.25. The van der Waals surface area contributed by atoms with Crippen molar-refractivity contribution in [2.24, 2.45) is 17.6 Å². The second-order valence-corrected chi connectivity index (χ2v) is 3.51. The molecule has 0 aliphatic heterocycles. The summed E-state index contributed by atoms with van der Waals surface area (Å²) >= 11 is 0. The molecule has 2 heteroatoms. The Kier molecular flexibility index (Phi) is 3.06. The normalized spacial score (nSPS) is 19.8. The maximum Gasteiger partial charge on any atom is 0.138 e. The van der Waals surface area contributed by atoms with Gasteiger partial charge in [-0.2, -0.15) is 0 Å². The molecule has 1 rings (SSSR count). The summed E-state index contributed by atoms with van der Waals surface area (Å²) in [6, 6.07) is 0. The fourth-order valence-corrected chi connectivity index (χ4v) is 1.34. The van der Waals surface area contributed by atoms with Crippen molar-refractivity contribution in [2.75, 3.05) is 6.54 Å². The minimum absolute atomic E-state index is 0.256. The zero-order valence-corrected chi connectivity index (χ0v) is 7.18. The van der Waals surface area contributed by atoms with Gasteiger partial charge in [0.15, 0.2) is 0 Å². The van der Waals surface area contributed by atoms with Crippen molar-refractivity contribution < 1.29 is 4.79 Å². The van der Waals surface area contributed by atoms with Gasteiger partial charge < -0.3 is 5.73 Å². The number of carbonyl (C=O) groups excluding carboxylic acids is 1. The Hall–Kier alpha value is -0.370. The smallest absolute Gasteiger partial charge is 0.138 e. The monoisotopic (exact) mass is 155 g/mol. The molecule has 1 unspecified atom stereocenters. The number of rotatable bonds is 5. The molecule has 0 spiro atoms. The highest BCUT2D eigenvalue weighted by Gasteiger charge is 2.32. The van der Waals surface area contributed by atoms with Crippen LogP contribution in [0.15, 0.2) is 0 Å². The van der Waals surface area contributed by atoms with Gasteiger partial charge in [0.2, 0.25) is 0 Å². The molecule has 0 amide bonds. The van der Waals surface area contributed by atoms with Crippen molar-refractivity contribution in [1.29, 1.82) is 0 Å². The second kappa shape index (κ2) is 3.86. The molecule has 0 heterocycles. The minimum Gasteiger partial charge on any atom is -0.330 e. The zero-order valence-electron chi connectivity index (χ0n) is 7.18. The quantitative estimate of drug-likeness (QED) is 0.651. The SMILES string of the molecule is CC(CCCN)C(=O)C1CC1. The van der Waals surface area contributed by atoms with E-state index in [0.717, 1.165) is 25.7 Å². The first-order valence-electron chi connectivity index (χ1n) is 4.49. The third-order valence-electron chi connectivity index (χ3n) is 2.31. The fraction of sp³-hybridized carbons (Fsp3) is 0.889. The molecule has 2 N–H and O–H groups in total. The van der Waals surface area contributed by atoms with E-state index in [9.17, 15) is 4.79 Å². The summed E-state index contributed by atoms with van der Waals surface area (Å²) in [7, 11) is 0. The molecule has 0 aromatic rings. The molecule has 1 saturated carbocycles. The molecule has 1 fully saturated rings. The standard InChI is InChI=1S/C9H17NO/c1-7(3-2-6-10)9(11)8-4-5-8/h7-8H,2-6,10H2,1H3. The number of nitrogens with two attached hydrogens (primary N) is 1. The maximum absolute atomic E-state index is 11.4. The van der Waals surface area contributed by atoms with E-state index in [-0.39, 0.29) is 5.92 Å². The molecular formula is C9H17NO. The van der Waals surface area contributed by atoms with Crippen LogP contribution < -0.4 is 5.73 Å². The molecule has 0 radical (unpaired) electrons. The van der Waals surface area contributed by atoms with Crippen LogP contribution in [0.25, 0.3) is 0 Å². The lowest BCUT2D eigenvalue weighted by atomic mass is 9.97. The van der Waals surface area contributed by atoms with Crippen molar-refractivity contribution in [2.45, 2.75) is 32.6 Å². The molecule has 1 aliphatic rings. The molecule has 0 saturated heterocycles. The van der Waals surface area contributed by atoms with Crippen LogP contribution in [-0.2, 0) is 4.79 Å². The number of hydrogen-bond acceptors (Lipinski definition) is 2. The van der Waals surface area contributed by atoms with E-state index in [4.69, 9.17) is 5.73 Å². The van der Waals surface area contributed by atoms with Crippen LogP contribution in [-0.4, -0.2) is 12.3 Å². The lowest BCUT2D eigenvalue weighted by Crippen LogP contribution is -2.14. The zero-order chi connectivity index (χ0) is 8.27. The van der Waals surface area contributed by atoms with E-state index in [0.29, 0.717) is 18.2 Å². The van der Waals surface area contributed by atoms with Crippen LogP contribution >= 0.6 is 0 Å². The summed E-state index contributed by atoms with van der Waals surface area (Å²) in [6.45, 7) is 2.73. The summed E-state index contributed by atoms with van der Waals surface area (Å²) in [4.78, 5) is 11.4. The predicted molar refractivity (Wildman–Crippen MR) is 45.2 cm³/mol. The van der Waals surface area contributed by atoms with E-state index >= 15 is 0 Å². The molecule has 11 heavy (non-hydrogen) atoms. The maximum atomic E-state index is 11.4. The van der Waals surface area contributed by atoms with Crippen LogP contribution in [0.2, 0.25) is 0 Å². The van der Waals surface area contributed by atoms with E-state index in [1.54, 1.807) is 0 Å². The largest absolute Gasteiger partial charge is 0.330 e. The molecule has 2 nitrogen and oxygen atoms in total. The van der Waals surface area contributed by atoms with Crippen LogP contribution in [0.4, 0.5) is 0 Å². The average molecular weight is 155 g/mol. The van der Waals surface area contributed by atoms with Gasteiger partial charge in [-0.05, 0) is 32.2 Å². The van der Waals surface area contributed by atoms with Crippen molar-refractivity contribution >= 4 is 5.78 Å². The molecule has 0 aromatic heterocycles. The third-order valence-corrected chi connectivity index (χ3v) is 2.31. The van der Waals surface area contributed by atoms with Gasteiger partial charge >= 0.3 is 0 Å². The molecule has 1 aliphatic carbocycles. The molecule has 64 valence electrons. The molecule has 0 bridgehead atoms. The van der Waals surface area contributed by atoms with Gasteiger partial charge in [-0.3, -0.25) is 4.79 Å². The Labute approximate surface area is 68.2 Å². The number of ketones is 1. The Morgan fingerprint density at radius 1 is 1.64 bits per heavy atom. The van der Waals surface area contributed by atoms with E-state index in [1.807, 2.05) is 6.92 Å². The number of carbonyl (C=O) groups is 1. The minimum atomic E-state index is 0.256. The summed E-state index contributed by atoms with van der Waals surface area (Å²) in [6.07, 6.45) is 4.23. The lowest BCUT2D eigenvalue weighted by Gasteiger charge is -2.07. The average Bonchev–Trinajstić information content (AvgIpc) is 2.81. The summed E-state index contributed by atoms with van der Waals surface area (Å²) in [5.74, 6) is 1.15. The Morgan fingerprint density at radius 2 is 2.27 bits per heavy atom. The van der Waals surface area contributed by atoms with Gasteiger partial charge in [-0.15, -0.1) is 0 Å². The molecule has 0 aromatic carbocycles. The van der Waals surface area contributed by atoms with E-state index in [1.165, 1.54) is 0 Å². The van der Waals surface area contributed by atoms with Gasteiger partial charge in [-0.25, -0.2) is 0 Å². The highest BCUT2D eigenvalue weighted by molar-refractivity contribution is 5.85. The fourth-order valence-electron chi connectivity index (χ4n) is 1.34. The first-order valence-corrected chi connectivity index (χ1v) is 4.49. The van der Waals surface area contributed by atoms with Gasteiger partial charge in [0.1, 0.15) is 5.78 Å².